The van der Waals surface area contributed by atoms with Gasteiger partial charge in [0.2, 0.25) is 0 Å². The molecule has 1 aliphatic heterocycles. The van der Waals surface area contributed by atoms with Crippen LogP contribution >= 0.6 is 0 Å². The van der Waals surface area contributed by atoms with Crippen LogP contribution in [0.1, 0.15) is 64.3 Å². The number of ether oxygens (including phenoxy) is 2. The number of hydrogen-bond acceptors (Lipinski definition) is 5. The highest BCUT2D eigenvalue weighted by Crippen LogP contribution is 2.24. The Balaban J connectivity index is 2.82. The second kappa shape index (κ2) is 10.8. The minimum absolute atomic E-state index is 0.107. The van der Waals surface area contributed by atoms with Gasteiger partial charge in [-0.25, -0.2) is 4.79 Å². The fraction of sp³-hybridized carbons (Fsp3) is 0.522. The monoisotopic (exact) mass is 401 g/mol. The number of aromatic nitrogens is 1. The summed E-state index contributed by atoms with van der Waals surface area (Å²) in [7, 11) is 0. The molecule has 29 heavy (non-hydrogen) atoms. The molecule has 0 N–H and O–H groups in total. The number of unbranched alkanes of at least 4 members (excludes halogenated alkanes) is 1. The first-order chi connectivity index (χ1) is 14.0. The fourth-order valence-corrected chi connectivity index (χ4v) is 3.70. The Morgan fingerprint density at radius 3 is 2.48 bits per heavy atom. The SMILES string of the molecule is C\C=C/C=c1/c(CC(=O)OCC)c2n(/c1=C\CCC)C(C(=O)OCC)C(=O)CC2. The molecule has 1 aliphatic rings. The van der Waals surface area contributed by atoms with Crippen LogP contribution in [-0.2, 0) is 36.7 Å². The Hall–Kier alpha value is -2.63. The number of nitrogens with zero attached hydrogens (tertiary/aromatic N) is 1. The largest absolute Gasteiger partial charge is 0.466 e. The van der Waals surface area contributed by atoms with Crippen LogP contribution in [0.5, 0.6) is 0 Å². The van der Waals surface area contributed by atoms with Crippen LogP contribution in [0.15, 0.2) is 12.2 Å². The summed E-state index contributed by atoms with van der Waals surface area (Å²) in [5.74, 6) is -1.01. The minimum Gasteiger partial charge on any atom is -0.466 e. The summed E-state index contributed by atoms with van der Waals surface area (Å²) >= 11 is 0. The lowest BCUT2D eigenvalue weighted by Gasteiger charge is -2.24. The topological polar surface area (TPSA) is 74.6 Å². The van der Waals surface area contributed by atoms with Gasteiger partial charge in [0, 0.05) is 22.7 Å². The van der Waals surface area contributed by atoms with E-state index in [1.54, 1.807) is 18.4 Å². The molecular weight excluding hydrogens is 370 g/mol. The molecule has 6 nitrogen and oxygen atoms in total. The number of carbonyl (C=O) groups is 3. The third-order valence-electron chi connectivity index (χ3n) is 4.89. The van der Waals surface area contributed by atoms with Crippen molar-refractivity contribution in [2.45, 2.75) is 65.8 Å². The van der Waals surface area contributed by atoms with E-state index in [-0.39, 0.29) is 31.2 Å². The first-order valence-corrected chi connectivity index (χ1v) is 10.4. The van der Waals surface area contributed by atoms with Crippen molar-refractivity contribution in [1.82, 2.24) is 4.57 Å². The van der Waals surface area contributed by atoms with Gasteiger partial charge >= 0.3 is 11.9 Å². The zero-order valence-corrected chi connectivity index (χ0v) is 17.8. The van der Waals surface area contributed by atoms with Gasteiger partial charge in [-0.15, -0.1) is 0 Å². The van der Waals surface area contributed by atoms with Crippen LogP contribution in [0.2, 0.25) is 0 Å². The van der Waals surface area contributed by atoms with Crippen LogP contribution in [0.3, 0.4) is 0 Å². The molecule has 0 aromatic carbocycles. The number of ketones is 1. The van der Waals surface area contributed by atoms with E-state index in [1.165, 1.54) is 0 Å². The van der Waals surface area contributed by atoms with Gasteiger partial charge in [0.25, 0.3) is 0 Å². The highest BCUT2D eigenvalue weighted by atomic mass is 16.5. The van der Waals surface area contributed by atoms with Crippen LogP contribution in [0.25, 0.3) is 12.2 Å². The predicted octanol–water partition coefficient (Wildman–Crippen LogP) is 2.15. The van der Waals surface area contributed by atoms with E-state index in [2.05, 4.69) is 6.92 Å². The van der Waals surface area contributed by atoms with Gasteiger partial charge in [-0.2, -0.15) is 0 Å². The molecule has 1 aromatic heterocycles. The van der Waals surface area contributed by atoms with Crippen molar-refractivity contribution in [3.63, 3.8) is 0 Å². The zero-order valence-electron chi connectivity index (χ0n) is 17.8. The van der Waals surface area contributed by atoms with Crippen molar-refractivity contribution < 1.29 is 23.9 Å². The number of rotatable bonds is 8. The van der Waals surface area contributed by atoms with Crippen LogP contribution in [-0.4, -0.2) is 35.5 Å². The summed E-state index contributed by atoms with van der Waals surface area (Å²) in [5, 5.41) is 1.66. The molecule has 0 amide bonds. The first kappa shape index (κ1) is 22.7. The van der Waals surface area contributed by atoms with Gasteiger partial charge in [0.15, 0.2) is 11.8 Å². The van der Waals surface area contributed by atoms with Crippen molar-refractivity contribution in [3.05, 3.63) is 34.0 Å². The normalized spacial score (nSPS) is 17.7. The number of Topliss-reactive ketones (excluding diaryl/α,β-unsaturated/α-hetero) is 1. The maximum Gasteiger partial charge on any atom is 0.336 e. The van der Waals surface area contributed by atoms with Crippen LogP contribution in [0.4, 0.5) is 0 Å². The van der Waals surface area contributed by atoms with E-state index >= 15 is 0 Å². The molecular formula is C23H31NO5. The molecule has 0 aliphatic carbocycles. The number of carbonyl (C=O) groups excluding carboxylic acids is 3. The van der Waals surface area contributed by atoms with E-state index in [0.717, 1.165) is 34.7 Å². The summed E-state index contributed by atoms with van der Waals surface area (Å²) in [4.78, 5) is 37.7. The summed E-state index contributed by atoms with van der Waals surface area (Å²) in [6.07, 6.45) is 10.3. The molecule has 0 bridgehead atoms. The Morgan fingerprint density at radius 2 is 1.86 bits per heavy atom. The van der Waals surface area contributed by atoms with Crippen LogP contribution < -0.4 is 10.6 Å². The first-order valence-electron chi connectivity index (χ1n) is 10.4. The summed E-state index contributed by atoms with van der Waals surface area (Å²) in [6.45, 7) is 8.00. The molecule has 0 saturated heterocycles. The second-order valence-electron chi connectivity index (χ2n) is 6.88. The second-order valence-corrected chi connectivity index (χ2v) is 6.88. The number of esters is 2. The molecule has 158 valence electrons. The maximum absolute atomic E-state index is 12.7. The highest BCUT2D eigenvalue weighted by Gasteiger charge is 2.37. The Morgan fingerprint density at radius 1 is 1.14 bits per heavy atom. The smallest absolute Gasteiger partial charge is 0.336 e. The highest BCUT2D eigenvalue weighted by molar-refractivity contribution is 6.02. The van der Waals surface area contributed by atoms with E-state index in [9.17, 15) is 14.4 Å². The molecule has 0 fully saturated rings. The summed E-state index contributed by atoms with van der Waals surface area (Å²) in [5.41, 5.74) is 1.67. The summed E-state index contributed by atoms with van der Waals surface area (Å²) < 4.78 is 12.2. The number of fused-ring (bicyclic) bond motifs is 1. The average Bonchev–Trinajstić information content (AvgIpc) is 2.97. The molecule has 6 heteroatoms. The third kappa shape index (κ3) is 5.05. The van der Waals surface area contributed by atoms with Gasteiger partial charge < -0.3 is 14.0 Å². The lowest BCUT2D eigenvalue weighted by molar-refractivity contribution is -0.151. The van der Waals surface area contributed by atoms with Crippen molar-refractivity contribution in [3.8, 4) is 0 Å². The Bertz CT molecular complexity index is 907. The van der Waals surface area contributed by atoms with Gasteiger partial charge in [-0.3, -0.25) is 9.59 Å². The Kier molecular flexibility index (Phi) is 8.43. The van der Waals surface area contributed by atoms with Gasteiger partial charge in [-0.1, -0.05) is 37.6 Å². The average molecular weight is 402 g/mol. The van der Waals surface area contributed by atoms with E-state index in [0.29, 0.717) is 13.0 Å². The van der Waals surface area contributed by atoms with E-state index < -0.39 is 12.0 Å². The Labute approximate surface area is 171 Å². The minimum atomic E-state index is -1.00. The quantitative estimate of drug-likeness (QED) is 0.493. The number of allylic oxidation sites excluding steroid dienone is 2. The molecule has 1 unspecified atom stereocenters. The molecule has 1 aromatic rings. The van der Waals surface area contributed by atoms with Gasteiger partial charge in [0.1, 0.15) is 0 Å². The van der Waals surface area contributed by atoms with Crippen molar-refractivity contribution >= 4 is 29.9 Å². The fourth-order valence-electron chi connectivity index (χ4n) is 3.70. The zero-order chi connectivity index (χ0) is 21.4. The molecule has 0 radical (unpaired) electrons. The maximum atomic E-state index is 12.7. The third-order valence-corrected chi connectivity index (χ3v) is 4.89. The van der Waals surface area contributed by atoms with Crippen molar-refractivity contribution in [1.29, 1.82) is 0 Å². The molecule has 0 saturated carbocycles. The van der Waals surface area contributed by atoms with Crippen LogP contribution in [0, 0.1) is 0 Å². The lowest BCUT2D eigenvalue weighted by atomic mass is 9.98. The standard InChI is InChI=1S/C23H31NO5/c1-5-9-11-16-17(15-21(26)28-7-3)19-13-14-20(25)22(23(27)29-8-4)24(19)18(16)12-10-6-2/h5,9,11-12,22H,6-8,10,13-15H2,1-4H3/b9-5-,16-11-,18-12-. The lowest BCUT2D eigenvalue weighted by Crippen LogP contribution is -2.42. The van der Waals surface area contributed by atoms with Gasteiger partial charge in [0.05, 0.1) is 19.6 Å². The van der Waals surface area contributed by atoms with Crippen molar-refractivity contribution in [2.75, 3.05) is 13.2 Å². The summed E-state index contributed by atoms with van der Waals surface area (Å²) in [6, 6.07) is -1.00. The molecule has 1 atom stereocenters. The molecule has 2 rings (SSSR count). The van der Waals surface area contributed by atoms with Gasteiger partial charge in [-0.05, 0) is 39.2 Å². The molecule has 0 spiro atoms. The van der Waals surface area contributed by atoms with E-state index in [1.807, 2.05) is 31.2 Å². The van der Waals surface area contributed by atoms with E-state index in [4.69, 9.17) is 9.47 Å². The van der Waals surface area contributed by atoms with Crippen molar-refractivity contribution in [2.24, 2.45) is 0 Å². The predicted molar refractivity (Wildman–Crippen MR) is 112 cm³/mol. The molecule has 2 heterocycles. The number of hydrogen-bond donors (Lipinski definition) is 0.